The average Bonchev–Trinajstić information content (AvgIpc) is 2.74. The first-order valence-corrected chi connectivity index (χ1v) is 8.97. The van der Waals surface area contributed by atoms with E-state index in [-0.39, 0.29) is 13.2 Å². The Morgan fingerprint density at radius 2 is 1.68 bits per heavy atom. The van der Waals surface area contributed by atoms with E-state index in [1.54, 1.807) is 18.2 Å². The van der Waals surface area contributed by atoms with Crippen molar-refractivity contribution in [2.75, 3.05) is 34.5 Å². The molecular weight excluding hydrogens is 360 g/mol. The molecule has 0 atom stereocenters. The lowest BCUT2D eigenvalue weighted by molar-refractivity contribution is -0.138. The van der Waals surface area contributed by atoms with Crippen molar-refractivity contribution in [2.45, 2.75) is 13.3 Å². The van der Waals surface area contributed by atoms with Crippen molar-refractivity contribution in [2.24, 2.45) is 0 Å². The molecule has 0 saturated heterocycles. The first-order chi connectivity index (χ1) is 13.6. The maximum Gasteiger partial charge on any atom is 0.330 e. The Morgan fingerprint density at radius 3 is 2.29 bits per heavy atom. The number of benzene rings is 2. The summed E-state index contributed by atoms with van der Waals surface area (Å²) in [5.41, 5.74) is 1.92. The SMILES string of the molecule is CCc1cccc(OCCOC(=O)/C=C/c2cc(OC)c(OC)c(OC)c2)c1. The van der Waals surface area contributed by atoms with Crippen molar-refractivity contribution >= 4 is 12.0 Å². The van der Waals surface area contributed by atoms with Crippen LogP contribution in [0.4, 0.5) is 0 Å². The molecule has 0 aliphatic rings. The van der Waals surface area contributed by atoms with Crippen LogP contribution in [0.25, 0.3) is 6.08 Å². The van der Waals surface area contributed by atoms with E-state index in [2.05, 4.69) is 6.92 Å². The lowest BCUT2D eigenvalue weighted by atomic mass is 10.1. The molecule has 0 N–H and O–H groups in total. The molecule has 2 aromatic carbocycles. The largest absolute Gasteiger partial charge is 0.493 e. The monoisotopic (exact) mass is 386 g/mol. The fourth-order valence-electron chi connectivity index (χ4n) is 2.57. The third kappa shape index (κ3) is 5.94. The Balaban J connectivity index is 1.87. The molecule has 0 heterocycles. The standard InChI is InChI=1S/C22H26O6/c1-5-16-7-6-8-18(13-16)27-11-12-28-21(23)10-9-17-14-19(24-2)22(26-4)20(15-17)25-3/h6-10,13-15H,5,11-12H2,1-4H3/b10-9+. The summed E-state index contributed by atoms with van der Waals surface area (Å²) in [6.07, 6.45) is 3.91. The first-order valence-electron chi connectivity index (χ1n) is 8.97. The Morgan fingerprint density at radius 1 is 0.964 bits per heavy atom. The number of methoxy groups -OCH3 is 3. The van der Waals surface area contributed by atoms with E-state index >= 15 is 0 Å². The molecule has 0 radical (unpaired) electrons. The van der Waals surface area contributed by atoms with Crippen LogP contribution in [0.2, 0.25) is 0 Å². The van der Waals surface area contributed by atoms with Crippen molar-refractivity contribution in [1.82, 2.24) is 0 Å². The summed E-state index contributed by atoms with van der Waals surface area (Å²) in [6.45, 7) is 2.53. The fraction of sp³-hybridized carbons (Fsp3) is 0.318. The van der Waals surface area contributed by atoms with Gasteiger partial charge in [-0.2, -0.15) is 0 Å². The molecule has 0 aliphatic carbocycles. The van der Waals surface area contributed by atoms with Crippen LogP contribution in [-0.4, -0.2) is 40.5 Å². The zero-order valence-corrected chi connectivity index (χ0v) is 16.7. The third-order valence-corrected chi connectivity index (χ3v) is 4.00. The fourth-order valence-corrected chi connectivity index (χ4v) is 2.57. The van der Waals surface area contributed by atoms with E-state index in [4.69, 9.17) is 23.7 Å². The molecule has 6 nitrogen and oxygen atoms in total. The van der Waals surface area contributed by atoms with Gasteiger partial charge in [0, 0.05) is 6.08 Å². The molecular formula is C22H26O6. The summed E-state index contributed by atoms with van der Waals surface area (Å²) in [7, 11) is 4.61. The molecule has 0 aliphatic heterocycles. The van der Waals surface area contributed by atoms with E-state index in [1.165, 1.54) is 33.0 Å². The number of ether oxygens (including phenoxy) is 5. The molecule has 2 rings (SSSR count). The molecule has 150 valence electrons. The maximum atomic E-state index is 11.9. The molecule has 0 bridgehead atoms. The van der Waals surface area contributed by atoms with Gasteiger partial charge in [-0.1, -0.05) is 19.1 Å². The van der Waals surface area contributed by atoms with E-state index in [9.17, 15) is 4.79 Å². The van der Waals surface area contributed by atoms with Crippen LogP contribution in [0.15, 0.2) is 42.5 Å². The zero-order chi connectivity index (χ0) is 20.4. The second-order valence-corrected chi connectivity index (χ2v) is 5.81. The molecule has 2 aromatic rings. The summed E-state index contributed by atoms with van der Waals surface area (Å²) >= 11 is 0. The first kappa shape index (κ1) is 21.2. The molecule has 0 amide bonds. The highest BCUT2D eigenvalue weighted by Gasteiger charge is 2.12. The minimum atomic E-state index is -0.459. The summed E-state index contributed by atoms with van der Waals surface area (Å²) in [5.74, 6) is 1.83. The van der Waals surface area contributed by atoms with E-state index in [1.807, 2.05) is 24.3 Å². The highest BCUT2D eigenvalue weighted by molar-refractivity contribution is 5.87. The van der Waals surface area contributed by atoms with Crippen molar-refractivity contribution in [3.8, 4) is 23.0 Å². The second-order valence-electron chi connectivity index (χ2n) is 5.81. The summed E-state index contributed by atoms with van der Waals surface area (Å²) in [4.78, 5) is 11.9. The van der Waals surface area contributed by atoms with Crippen LogP contribution in [0.1, 0.15) is 18.1 Å². The molecule has 28 heavy (non-hydrogen) atoms. The van der Waals surface area contributed by atoms with Gasteiger partial charge in [0.05, 0.1) is 21.3 Å². The number of rotatable bonds is 10. The van der Waals surface area contributed by atoms with Gasteiger partial charge in [-0.25, -0.2) is 4.79 Å². The van der Waals surface area contributed by atoms with Gasteiger partial charge in [-0.15, -0.1) is 0 Å². The van der Waals surface area contributed by atoms with Gasteiger partial charge >= 0.3 is 5.97 Å². The van der Waals surface area contributed by atoms with Gasteiger partial charge in [0.25, 0.3) is 0 Å². The highest BCUT2D eigenvalue weighted by atomic mass is 16.6. The van der Waals surface area contributed by atoms with Crippen LogP contribution in [-0.2, 0) is 16.0 Å². The molecule has 0 unspecified atom stereocenters. The minimum absolute atomic E-state index is 0.161. The van der Waals surface area contributed by atoms with Gasteiger partial charge in [-0.05, 0) is 47.9 Å². The summed E-state index contributed by atoms with van der Waals surface area (Å²) in [5, 5.41) is 0. The minimum Gasteiger partial charge on any atom is -0.493 e. The van der Waals surface area contributed by atoms with Crippen molar-refractivity contribution in [1.29, 1.82) is 0 Å². The summed E-state index contributed by atoms with van der Waals surface area (Å²) in [6, 6.07) is 11.3. The molecule has 0 spiro atoms. The molecule has 0 saturated carbocycles. The Bertz CT molecular complexity index is 787. The van der Waals surface area contributed by atoms with Crippen LogP contribution >= 0.6 is 0 Å². The molecule has 0 aromatic heterocycles. The lowest BCUT2D eigenvalue weighted by Crippen LogP contribution is -2.10. The quantitative estimate of drug-likeness (QED) is 0.350. The van der Waals surface area contributed by atoms with Gasteiger partial charge in [0.2, 0.25) is 5.75 Å². The van der Waals surface area contributed by atoms with Crippen molar-refractivity contribution in [3.63, 3.8) is 0 Å². The number of carbonyl (C=O) groups is 1. The van der Waals surface area contributed by atoms with Crippen molar-refractivity contribution in [3.05, 3.63) is 53.6 Å². The lowest BCUT2D eigenvalue weighted by Gasteiger charge is -2.12. The average molecular weight is 386 g/mol. The van der Waals surface area contributed by atoms with Crippen LogP contribution < -0.4 is 18.9 Å². The Hall–Kier alpha value is -3.15. The van der Waals surface area contributed by atoms with Gasteiger partial charge in [-0.3, -0.25) is 0 Å². The molecule has 0 fully saturated rings. The maximum absolute atomic E-state index is 11.9. The normalized spacial score (nSPS) is 10.6. The number of carbonyl (C=O) groups excluding carboxylic acids is 1. The third-order valence-electron chi connectivity index (χ3n) is 4.00. The van der Waals surface area contributed by atoms with E-state index in [0.29, 0.717) is 17.2 Å². The van der Waals surface area contributed by atoms with Crippen molar-refractivity contribution < 1.29 is 28.5 Å². The number of hydrogen-bond donors (Lipinski definition) is 0. The van der Waals surface area contributed by atoms with Crippen LogP contribution in [0.3, 0.4) is 0 Å². The van der Waals surface area contributed by atoms with E-state index < -0.39 is 5.97 Å². The van der Waals surface area contributed by atoms with Gasteiger partial charge in [0.1, 0.15) is 19.0 Å². The Labute approximate surface area is 165 Å². The van der Waals surface area contributed by atoms with E-state index in [0.717, 1.165) is 17.7 Å². The predicted octanol–water partition coefficient (Wildman–Crippen LogP) is 3.91. The van der Waals surface area contributed by atoms with Crippen LogP contribution in [0, 0.1) is 0 Å². The topological polar surface area (TPSA) is 63.2 Å². The van der Waals surface area contributed by atoms with Gasteiger partial charge in [0.15, 0.2) is 11.5 Å². The van der Waals surface area contributed by atoms with Gasteiger partial charge < -0.3 is 23.7 Å². The highest BCUT2D eigenvalue weighted by Crippen LogP contribution is 2.38. The zero-order valence-electron chi connectivity index (χ0n) is 16.7. The number of aryl methyl sites for hydroxylation is 1. The summed E-state index contributed by atoms with van der Waals surface area (Å²) < 4.78 is 26.6. The second kappa shape index (κ2) is 10.9. The Kier molecular flexibility index (Phi) is 8.21. The molecule has 6 heteroatoms. The number of hydrogen-bond acceptors (Lipinski definition) is 6. The predicted molar refractivity (Wildman–Crippen MR) is 107 cm³/mol. The smallest absolute Gasteiger partial charge is 0.330 e. The van der Waals surface area contributed by atoms with Crippen LogP contribution in [0.5, 0.6) is 23.0 Å². The number of esters is 1.